The van der Waals surface area contributed by atoms with Crippen molar-refractivity contribution in [3.05, 3.63) is 259 Å². The van der Waals surface area contributed by atoms with Gasteiger partial charge in [-0.3, -0.25) is 0 Å². The SMILES string of the molecule is c1ccc2c(c1)-c1ccccc1C21c2ccccc2-c2ccc(N(c3ccc(-c4cc(-c5cccc6ccccc56)c5ccccc5c4)cc3)c3cccc4c3sc3ccccc34)cc21. The third-order valence-electron chi connectivity index (χ3n) is 14.3. The summed E-state index contributed by atoms with van der Waals surface area (Å²) in [5.74, 6) is 0. The van der Waals surface area contributed by atoms with Crippen LogP contribution in [0.1, 0.15) is 22.3 Å². The molecule has 1 spiro atoms. The Balaban J connectivity index is 0.981. The van der Waals surface area contributed by atoms with Gasteiger partial charge in [0.25, 0.3) is 0 Å². The van der Waals surface area contributed by atoms with E-state index in [0.717, 1.165) is 11.4 Å². The molecule has 11 aromatic carbocycles. The highest BCUT2D eigenvalue weighted by Crippen LogP contribution is 2.63. The van der Waals surface area contributed by atoms with E-state index >= 15 is 0 Å². The van der Waals surface area contributed by atoms with Gasteiger partial charge in [0.05, 0.1) is 15.8 Å². The second-order valence-corrected chi connectivity index (χ2v) is 18.6. The maximum Gasteiger partial charge on any atom is 0.0726 e. The van der Waals surface area contributed by atoms with Crippen molar-refractivity contribution in [3.8, 4) is 44.5 Å². The molecule has 0 fully saturated rings. The second-order valence-electron chi connectivity index (χ2n) is 17.5. The molecule has 1 heterocycles. The van der Waals surface area contributed by atoms with Crippen molar-refractivity contribution in [1.82, 2.24) is 0 Å². The van der Waals surface area contributed by atoms with Gasteiger partial charge in [-0.25, -0.2) is 0 Å². The molecule has 12 aromatic rings. The van der Waals surface area contributed by atoms with Crippen LogP contribution in [0.3, 0.4) is 0 Å². The molecule has 1 aromatic heterocycles. The van der Waals surface area contributed by atoms with E-state index in [2.05, 4.69) is 241 Å². The molecule has 1 nitrogen and oxygen atoms in total. The van der Waals surface area contributed by atoms with Crippen molar-refractivity contribution >= 4 is 70.1 Å². The van der Waals surface area contributed by atoms with Crippen LogP contribution in [0.25, 0.3) is 86.2 Å². The number of rotatable bonds is 5. The quantitative estimate of drug-likeness (QED) is 0.167. The molecule has 0 amide bonds. The molecular weight excluding hydrogens is 803 g/mol. The van der Waals surface area contributed by atoms with Crippen molar-refractivity contribution in [2.45, 2.75) is 5.41 Å². The molecule has 0 atom stereocenters. The minimum Gasteiger partial charge on any atom is -0.309 e. The Kier molecular flexibility index (Phi) is 7.84. The summed E-state index contributed by atoms with van der Waals surface area (Å²) in [6, 6.07) is 88.4. The molecule has 0 saturated carbocycles. The number of nitrogens with zero attached hydrogens (tertiary/aromatic N) is 1. The third kappa shape index (κ3) is 5.20. The van der Waals surface area contributed by atoms with Crippen LogP contribution in [-0.2, 0) is 5.41 Å². The molecule has 0 unspecified atom stereocenters. The predicted molar refractivity (Wildman–Crippen MR) is 276 cm³/mol. The van der Waals surface area contributed by atoms with Crippen molar-refractivity contribution in [1.29, 1.82) is 0 Å². The zero-order chi connectivity index (χ0) is 42.6. The van der Waals surface area contributed by atoms with Gasteiger partial charge >= 0.3 is 0 Å². The summed E-state index contributed by atoms with van der Waals surface area (Å²) in [4.78, 5) is 2.51. The molecule has 2 heteroatoms. The number of anilines is 3. The number of benzene rings is 11. The normalized spacial score (nSPS) is 13.0. The Morgan fingerprint density at radius 1 is 0.308 bits per heavy atom. The van der Waals surface area contributed by atoms with Gasteiger partial charge in [0, 0.05) is 26.8 Å². The van der Waals surface area contributed by atoms with Crippen LogP contribution < -0.4 is 4.90 Å². The Bertz CT molecular complexity index is 3840. The zero-order valence-electron chi connectivity index (χ0n) is 35.4. The predicted octanol–water partition coefficient (Wildman–Crippen LogP) is 17.5. The summed E-state index contributed by atoms with van der Waals surface area (Å²) in [5.41, 5.74) is 18.5. The van der Waals surface area contributed by atoms with Crippen LogP contribution in [0, 0.1) is 0 Å². The fraction of sp³-hybridized carbons (Fsp3) is 0.0159. The fourth-order valence-electron chi connectivity index (χ4n) is 11.5. The van der Waals surface area contributed by atoms with Crippen molar-refractivity contribution in [2.24, 2.45) is 0 Å². The Hall–Kier alpha value is -8.04. The number of fused-ring (bicyclic) bond motifs is 15. The molecular formula is C63H39NS. The van der Waals surface area contributed by atoms with E-state index in [0.29, 0.717) is 0 Å². The van der Waals surface area contributed by atoms with Crippen LogP contribution in [0.15, 0.2) is 237 Å². The first kappa shape index (κ1) is 36.4. The molecule has 0 N–H and O–H groups in total. The van der Waals surface area contributed by atoms with Crippen LogP contribution in [0.5, 0.6) is 0 Å². The van der Waals surface area contributed by atoms with Gasteiger partial charge in [-0.2, -0.15) is 0 Å². The number of hydrogen-bond acceptors (Lipinski definition) is 2. The summed E-state index contributed by atoms with van der Waals surface area (Å²) >= 11 is 1.88. The highest BCUT2D eigenvalue weighted by molar-refractivity contribution is 7.26. The lowest BCUT2D eigenvalue weighted by Crippen LogP contribution is -2.26. The lowest BCUT2D eigenvalue weighted by atomic mass is 9.70. The van der Waals surface area contributed by atoms with Gasteiger partial charge in [0.15, 0.2) is 0 Å². The molecule has 302 valence electrons. The Morgan fingerprint density at radius 3 is 1.55 bits per heavy atom. The summed E-state index contributed by atoms with van der Waals surface area (Å²) in [7, 11) is 0. The average molecular weight is 842 g/mol. The van der Waals surface area contributed by atoms with Gasteiger partial charge < -0.3 is 4.90 Å². The molecule has 2 aliphatic rings. The largest absolute Gasteiger partial charge is 0.309 e. The third-order valence-corrected chi connectivity index (χ3v) is 15.5. The second kappa shape index (κ2) is 14.0. The van der Waals surface area contributed by atoms with Gasteiger partial charge in [0.2, 0.25) is 0 Å². The first-order chi connectivity index (χ1) is 32.2. The molecule has 14 rings (SSSR count). The summed E-state index contributed by atoms with van der Waals surface area (Å²) in [5, 5.41) is 7.59. The van der Waals surface area contributed by atoms with Gasteiger partial charge in [-0.1, -0.05) is 188 Å². The smallest absolute Gasteiger partial charge is 0.0726 e. The van der Waals surface area contributed by atoms with E-state index in [9.17, 15) is 0 Å². The van der Waals surface area contributed by atoms with E-state index in [-0.39, 0.29) is 0 Å². The highest BCUT2D eigenvalue weighted by Gasteiger charge is 2.51. The van der Waals surface area contributed by atoms with Crippen LogP contribution in [0.2, 0.25) is 0 Å². The minimum absolute atomic E-state index is 0.438. The van der Waals surface area contributed by atoms with E-state index in [1.807, 2.05) is 11.3 Å². The average Bonchev–Trinajstić information content (AvgIpc) is 4.01. The monoisotopic (exact) mass is 841 g/mol. The van der Waals surface area contributed by atoms with Crippen LogP contribution >= 0.6 is 11.3 Å². The van der Waals surface area contributed by atoms with Crippen molar-refractivity contribution in [3.63, 3.8) is 0 Å². The summed E-state index contributed by atoms with van der Waals surface area (Å²) < 4.78 is 2.58. The number of thiophene rings is 1. The van der Waals surface area contributed by atoms with Gasteiger partial charge in [-0.05, 0) is 137 Å². The molecule has 2 aliphatic carbocycles. The summed E-state index contributed by atoms with van der Waals surface area (Å²) in [6.07, 6.45) is 0. The molecule has 0 radical (unpaired) electrons. The standard InChI is InChI=1S/C63H39NS/c1-3-18-46-41(15-1)17-13-24-48(46)55-38-43(37-42-16-2-4-19-47(42)55)40-31-33-44(34-32-40)64(60-29-14-25-54-53-23-8-12-30-61(53)65-62(54)60)45-35-36-52-51-22-7-11-28-58(51)63(59(52)39-45)56-26-9-5-20-49(56)50-21-6-10-27-57(50)63/h1-39H. The lowest BCUT2D eigenvalue weighted by molar-refractivity contribution is 0.793. The molecule has 0 bridgehead atoms. The maximum absolute atomic E-state index is 2.51. The van der Waals surface area contributed by atoms with Crippen molar-refractivity contribution in [2.75, 3.05) is 4.90 Å². The van der Waals surface area contributed by atoms with Crippen LogP contribution in [-0.4, -0.2) is 0 Å². The fourth-order valence-corrected chi connectivity index (χ4v) is 12.7. The highest BCUT2D eigenvalue weighted by atomic mass is 32.1. The zero-order valence-corrected chi connectivity index (χ0v) is 36.2. The molecule has 0 saturated heterocycles. The van der Waals surface area contributed by atoms with E-state index < -0.39 is 5.41 Å². The first-order valence-corrected chi connectivity index (χ1v) is 23.3. The van der Waals surface area contributed by atoms with E-state index in [1.54, 1.807) is 0 Å². The summed E-state index contributed by atoms with van der Waals surface area (Å²) in [6.45, 7) is 0. The topological polar surface area (TPSA) is 3.24 Å². The Morgan fingerprint density at radius 2 is 0.831 bits per heavy atom. The van der Waals surface area contributed by atoms with E-state index in [1.165, 1.54) is 114 Å². The number of hydrogen-bond donors (Lipinski definition) is 0. The van der Waals surface area contributed by atoms with Gasteiger partial charge in [0.1, 0.15) is 0 Å². The molecule has 0 aliphatic heterocycles. The lowest BCUT2D eigenvalue weighted by Gasteiger charge is -2.32. The minimum atomic E-state index is -0.438. The maximum atomic E-state index is 2.51. The molecule has 65 heavy (non-hydrogen) atoms. The Labute approximate surface area is 381 Å². The first-order valence-electron chi connectivity index (χ1n) is 22.5. The van der Waals surface area contributed by atoms with Crippen LogP contribution in [0.4, 0.5) is 17.1 Å². The van der Waals surface area contributed by atoms with E-state index in [4.69, 9.17) is 0 Å². The van der Waals surface area contributed by atoms with Crippen molar-refractivity contribution < 1.29 is 0 Å². The van der Waals surface area contributed by atoms with Gasteiger partial charge in [-0.15, -0.1) is 11.3 Å².